The first-order valence-corrected chi connectivity index (χ1v) is 16.9. The highest BCUT2D eigenvalue weighted by molar-refractivity contribution is 7.73. The molecule has 4 aromatic carbocycles. The second kappa shape index (κ2) is 13.7. The molecule has 5 rings (SSSR count). The van der Waals surface area contributed by atoms with Crippen molar-refractivity contribution in [2.45, 2.75) is 57.1 Å². The van der Waals surface area contributed by atoms with Crippen LogP contribution in [-0.2, 0) is 0 Å². The summed E-state index contributed by atoms with van der Waals surface area (Å²) in [5.41, 5.74) is 0.660. The van der Waals surface area contributed by atoms with Crippen LogP contribution in [0.25, 0.3) is 0 Å². The van der Waals surface area contributed by atoms with Crippen molar-refractivity contribution in [3.63, 3.8) is 0 Å². The SMILES string of the molecule is CC(CCC1CCCCC1N(C)P(c1ccccc1)c1ccccc1)P(c1ccccc1)c1ccccc1. The van der Waals surface area contributed by atoms with Gasteiger partial charge in [-0.15, -0.1) is 0 Å². The molecule has 38 heavy (non-hydrogen) atoms. The predicted octanol–water partition coefficient (Wildman–Crippen LogP) is 7.83. The molecule has 0 radical (unpaired) electrons. The maximum Gasteiger partial charge on any atom is 0.0281 e. The van der Waals surface area contributed by atoms with E-state index in [1.807, 2.05) is 0 Å². The van der Waals surface area contributed by atoms with Gasteiger partial charge < -0.3 is 0 Å². The molecule has 196 valence electrons. The van der Waals surface area contributed by atoms with Crippen LogP contribution in [0, 0.1) is 5.92 Å². The zero-order valence-electron chi connectivity index (χ0n) is 22.9. The molecule has 0 bridgehead atoms. The first-order valence-electron chi connectivity index (χ1n) is 14.2. The zero-order valence-corrected chi connectivity index (χ0v) is 24.7. The van der Waals surface area contributed by atoms with Crippen LogP contribution in [-0.4, -0.2) is 23.4 Å². The summed E-state index contributed by atoms with van der Waals surface area (Å²) in [5, 5.41) is 5.95. The largest absolute Gasteiger partial charge is 0.275 e. The number of rotatable bonds is 10. The van der Waals surface area contributed by atoms with Gasteiger partial charge in [0.1, 0.15) is 0 Å². The second-order valence-corrected chi connectivity index (χ2v) is 15.6. The molecule has 0 aliphatic heterocycles. The Balaban J connectivity index is 1.35. The Kier molecular flexibility index (Phi) is 9.81. The fourth-order valence-corrected chi connectivity index (χ4v) is 11.5. The Morgan fingerprint density at radius 1 is 0.632 bits per heavy atom. The average molecular weight is 538 g/mol. The van der Waals surface area contributed by atoms with Gasteiger partial charge in [-0.2, -0.15) is 0 Å². The van der Waals surface area contributed by atoms with Crippen molar-refractivity contribution in [3.05, 3.63) is 121 Å². The van der Waals surface area contributed by atoms with E-state index in [0.717, 1.165) is 5.92 Å². The maximum atomic E-state index is 2.78. The van der Waals surface area contributed by atoms with Crippen molar-refractivity contribution in [1.29, 1.82) is 0 Å². The van der Waals surface area contributed by atoms with E-state index < -0.39 is 8.07 Å². The summed E-state index contributed by atoms with van der Waals surface area (Å²) in [6.07, 6.45) is 8.03. The molecule has 1 aliphatic rings. The molecule has 1 fully saturated rings. The van der Waals surface area contributed by atoms with E-state index >= 15 is 0 Å². The van der Waals surface area contributed by atoms with E-state index in [4.69, 9.17) is 0 Å². The molecule has 3 heteroatoms. The van der Waals surface area contributed by atoms with Crippen LogP contribution < -0.4 is 21.2 Å². The van der Waals surface area contributed by atoms with Crippen molar-refractivity contribution in [2.75, 3.05) is 7.05 Å². The minimum absolute atomic E-state index is 0.363. The molecule has 1 saturated carbocycles. The molecule has 3 atom stereocenters. The highest BCUT2D eigenvalue weighted by Crippen LogP contribution is 2.46. The molecular formula is C35H41NP2. The van der Waals surface area contributed by atoms with Crippen LogP contribution in [0.4, 0.5) is 0 Å². The van der Waals surface area contributed by atoms with Gasteiger partial charge in [0.25, 0.3) is 0 Å². The number of hydrogen-bond acceptors (Lipinski definition) is 1. The molecule has 0 amide bonds. The third-order valence-electron chi connectivity index (χ3n) is 8.13. The fraction of sp³-hybridized carbons (Fsp3) is 0.314. The van der Waals surface area contributed by atoms with Gasteiger partial charge in [0.15, 0.2) is 0 Å². The Morgan fingerprint density at radius 3 is 1.53 bits per heavy atom. The smallest absolute Gasteiger partial charge is 0.0281 e. The molecule has 0 N–H and O–H groups in total. The molecule has 0 spiro atoms. The van der Waals surface area contributed by atoms with Crippen molar-refractivity contribution in [3.8, 4) is 0 Å². The van der Waals surface area contributed by atoms with Crippen LogP contribution >= 0.6 is 16.0 Å². The van der Waals surface area contributed by atoms with E-state index in [1.54, 1.807) is 0 Å². The standard InChI is InChI=1S/C35H41NP2/c1-29(37(31-18-7-3-8-19-31)32-20-9-4-10-21-32)27-28-30-17-15-16-26-35(30)36(2)38(33-22-11-5-12-23-33)34-24-13-6-14-25-34/h3-14,18-25,29-30,35H,15-17,26-28H2,1-2H3. The van der Waals surface area contributed by atoms with Gasteiger partial charge in [-0.05, 0) is 73.4 Å². The lowest BCUT2D eigenvalue weighted by molar-refractivity contribution is 0.194. The van der Waals surface area contributed by atoms with Crippen molar-refractivity contribution < 1.29 is 0 Å². The van der Waals surface area contributed by atoms with Gasteiger partial charge in [0.2, 0.25) is 0 Å². The molecule has 0 saturated heterocycles. The van der Waals surface area contributed by atoms with Crippen molar-refractivity contribution in [2.24, 2.45) is 5.92 Å². The lowest BCUT2D eigenvalue weighted by atomic mass is 9.81. The van der Waals surface area contributed by atoms with E-state index in [1.165, 1.54) is 59.7 Å². The Morgan fingerprint density at radius 2 is 1.05 bits per heavy atom. The minimum Gasteiger partial charge on any atom is -0.275 e. The average Bonchev–Trinajstić information content (AvgIpc) is 2.99. The lowest BCUT2D eigenvalue weighted by Gasteiger charge is -2.43. The zero-order chi connectivity index (χ0) is 26.2. The Labute approximate surface area is 232 Å². The number of hydrogen-bond donors (Lipinski definition) is 0. The van der Waals surface area contributed by atoms with Crippen LogP contribution in [0.1, 0.15) is 45.4 Å². The van der Waals surface area contributed by atoms with Gasteiger partial charge in [-0.25, -0.2) is 0 Å². The van der Waals surface area contributed by atoms with Crippen LogP contribution in [0.5, 0.6) is 0 Å². The summed E-state index contributed by atoms with van der Waals surface area (Å²) < 4.78 is 2.78. The second-order valence-electron chi connectivity index (χ2n) is 10.6. The summed E-state index contributed by atoms with van der Waals surface area (Å²) >= 11 is 0. The van der Waals surface area contributed by atoms with Gasteiger partial charge in [0.05, 0.1) is 0 Å². The van der Waals surface area contributed by atoms with Gasteiger partial charge in [-0.3, -0.25) is 4.67 Å². The predicted molar refractivity (Wildman–Crippen MR) is 170 cm³/mol. The maximum absolute atomic E-state index is 2.78. The van der Waals surface area contributed by atoms with Crippen LogP contribution in [0.15, 0.2) is 121 Å². The summed E-state index contributed by atoms with van der Waals surface area (Å²) in [6.45, 7) is 2.51. The Bertz CT molecular complexity index is 1140. The lowest BCUT2D eigenvalue weighted by Crippen LogP contribution is -2.41. The summed E-state index contributed by atoms with van der Waals surface area (Å²) in [6, 6.07) is 45.6. The first kappa shape index (κ1) is 27.3. The first-order chi connectivity index (χ1) is 18.7. The quantitative estimate of drug-likeness (QED) is 0.186. The third-order valence-corrected chi connectivity index (χ3v) is 13.5. The van der Waals surface area contributed by atoms with Gasteiger partial charge >= 0.3 is 0 Å². The molecule has 3 unspecified atom stereocenters. The fourth-order valence-electron chi connectivity index (χ4n) is 6.24. The molecular weight excluding hydrogens is 496 g/mol. The van der Waals surface area contributed by atoms with Gasteiger partial charge in [-0.1, -0.05) is 141 Å². The minimum atomic E-state index is -0.535. The highest BCUT2D eigenvalue weighted by Gasteiger charge is 2.34. The van der Waals surface area contributed by atoms with Crippen molar-refractivity contribution >= 4 is 37.2 Å². The third kappa shape index (κ3) is 6.63. The topological polar surface area (TPSA) is 3.24 Å². The van der Waals surface area contributed by atoms with E-state index in [-0.39, 0.29) is 7.92 Å². The van der Waals surface area contributed by atoms with E-state index in [9.17, 15) is 0 Å². The monoisotopic (exact) mass is 537 g/mol. The van der Waals surface area contributed by atoms with E-state index in [2.05, 4.69) is 140 Å². The Hall–Kier alpha value is -2.30. The highest BCUT2D eigenvalue weighted by atomic mass is 31.1. The molecule has 0 aromatic heterocycles. The summed E-state index contributed by atoms with van der Waals surface area (Å²) in [7, 11) is 1.52. The van der Waals surface area contributed by atoms with Gasteiger partial charge in [0, 0.05) is 14.1 Å². The molecule has 4 aromatic rings. The normalized spacial score (nSPS) is 18.7. The summed E-state index contributed by atoms with van der Waals surface area (Å²) in [4.78, 5) is 0. The van der Waals surface area contributed by atoms with Crippen molar-refractivity contribution in [1.82, 2.24) is 4.67 Å². The van der Waals surface area contributed by atoms with Crippen LogP contribution in [0.2, 0.25) is 0 Å². The molecule has 1 nitrogen and oxygen atoms in total. The van der Waals surface area contributed by atoms with E-state index in [0.29, 0.717) is 11.7 Å². The summed E-state index contributed by atoms with van der Waals surface area (Å²) in [5.74, 6) is 0.761. The number of benzene rings is 4. The van der Waals surface area contributed by atoms with Crippen LogP contribution in [0.3, 0.4) is 0 Å². The number of nitrogens with zero attached hydrogens (tertiary/aromatic N) is 1. The molecule has 1 aliphatic carbocycles. The molecule has 0 heterocycles.